The number of anilines is 1. The zero-order valence-corrected chi connectivity index (χ0v) is 11.9. The molecule has 0 aliphatic heterocycles. The second-order valence-corrected chi connectivity index (χ2v) is 5.85. The van der Waals surface area contributed by atoms with Gasteiger partial charge in [0.1, 0.15) is 6.54 Å². The Morgan fingerprint density at radius 2 is 1.86 bits per heavy atom. The van der Waals surface area contributed by atoms with Gasteiger partial charge in [0, 0.05) is 0 Å². The first-order valence-electron chi connectivity index (χ1n) is 5.60. The molecule has 118 valence electrons. The van der Waals surface area contributed by atoms with E-state index < -0.39 is 28.9 Å². The minimum atomic E-state index is -4.72. The van der Waals surface area contributed by atoms with E-state index in [0.29, 0.717) is 5.56 Å². The number of benzene rings is 1. The lowest BCUT2D eigenvalue weighted by molar-refractivity contribution is -0.121. The quantitative estimate of drug-likeness (QED) is 0.769. The van der Waals surface area contributed by atoms with Gasteiger partial charge >= 0.3 is 12.1 Å². The van der Waals surface area contributed by atoms with Crippen molar-refractivity contribution in [3.8, 4) is 0 Å². The molecule has 0 unspecified atom stereocenters. The molecule has 1 rings (SSSR count). The average Bonchev–Trinajstić information content (AvgIpc) is 2.29. The second-order valence-electron chi connectivity index (χ2n) is 4.35. The topological polar surface area (TPSA) is 95.5 Å². The number of aryl methyl sites for hydroxylation is 2. The number of halogens is 3. The Balaban J connectivity index is 3.10. The number of hydrogen-bond donors (Lipinski definition) is 3. The van der Waals surface area contributed by atoms with Gasteiger partial charge in [-0.3, -0.25) is 4.72 Å². The molecule has 0 aromatic heterocycles. The molecule has 0 heterocycles. The maximum absolute atomic E-state index is 12.0. The lowest BCUT2D eigenvalue weighted by atomic mass is 10.0. The highest BCUT2D eigenvalue weighted by Crippen LogP contribution is 2.24. The van der Waals surface area contributed by atoms with Crippen LogP contribution in [-0.4, -0.2) is 32.2 Å². The van der Waals surface area contributed by atoms with Crippen molar-refractivity contribution in [1.29, 1.82) is 0 Å². The lowest BCUT2D eigenvalue weighted by Crippen LogP contribution is -2.37. The summed E-state index contributed by atoms with van der Waals surface area (Å²) in [5, 5.41) is 9.04. The first-order valence-corrected chi connectivity index (χ1v) is 7.08. The predicted octanol–water partition coefficient (Wildman–Crippen LogP) is 1.81. The molecule has 0 saturated carbocycles. The van der Waals surface area contributed by atoms with E-state index in [9.17, 15) is 26.4 Å². The Morgan fingerprint density at radius 3 is 2.33 bits per heavy atom. The second kappa shape index (κ2) is 5.90. The van der Waals surface area contributed by atoms with E-state index in [1.54, 1.807) is 6.92 Å². The van der Waals surface area contributed by atoms with Crippen molar-refractivity contribution in [2.75, 3.05) is 11.3 Å². The van der Waals surface area contributed by atoms with E-state index in [1.165, 1.54) is 23.8 Å². The maximum atomic E-state index is 12.0. The van der Waals surface area contributed by atoms with Crippen LogP contribution in [0.3, 0.4) is 0 Å². The molecule has 10 heteroatoms. The number of carbonyl (C=O) groups is 1. The highest BCUT2D eigenvalue weighted by molar-refractivity contribution is 7.90. The van der Waals surface area contributed by atoms with Gasteiger partial charge in [-0.2, -0.15) is 26.3 Å². The number of alkyl halides is 3. The summed E-state index contributed by atoms with van der Waals surface area (Å²) in [4.78, 5) is 11.1. The summed E-state index contributed by atoms with van der Waals surface area (Å²) >= 11 is 0. The van der Waals surface area contributed by atoms with Crippen molar-refractivity contribution in [1.82, 2.24) is 4.72 Å². The zero-order valence-electron chi connectivity index (χ0n) is 11.1. The first kappa shape index (κ1) is 17.2. The third-order valence-corrected chi connectivity index (χ3v) is 3.41. The number of nitrogens with one attached hydrogen (secondary N) is 2. The molecular weight excluding hydrogens is 313 g/mol. The lowest BCUT2D eigenvalue weighted by Gasteiger charge is -2.15. The Morgan fingerprint density at radius 1 is 1.29 bits per heavy atom. The normalized spacial score (nSPS) is 12.2. The van der Waals surface area contributed by atoms with Crippen LogP contribution in [0.5, 0.6) is 0 Å². The minimum absolute atomic E-state index is 0.275. The van der Waals surface area contributed by atoms with Gasteiger partial charge < -0.3 is 5.11 Å². The number of carboxylic acids is 1. The SMILES string of the molecule is Cc1cc(C)c(NS(=O)(=O)NCC(F)(F)F)c(C(=O)O)c1. The highest BCUT2D eigenvalue weighted by Gasteiger charge is 2.30. The third-order valence-electron chi connectivity index (χ3n) is 2.41. The Kier molecular flexibility index (Phi) is 4.84. The van der Waals surface area contributed by atoms with E-state index in [0.717, 1.165) is 0 Å². The van der Waals surface area contributed by atoms with Crippen molar-refractivity contribution >= 4 is 21.9 Å². The fraction of sp³-hybridized carbons (Fsp3) is 0.364. The Hall–Kier alpha value is -1.81. The van der Waals surface area contributed by atoms with Crippen LogP contribution in [0.4, 0.5) is 18.9 Å². The van der Waals surface area contributed by atoms with Gasteiger partial charge in [0.2, 0.25) is 0 Å². The van der Waals surface area contributed by atoms with Crippen molar-refractivity contribution in [3.05, 3.63) is 28.8 Å². The van der Waals surface area contributed by atoms with Crippen molar-refractivity contribution < 1.29 is 31.5 Å². The van der Waals surface area contributed by atoms with Crippen LogP contribution in [0, 0.1) is 13.8 Å². The standard InChI is InChI=1S/C11H13F3N2O4S/c1-6-3-7(2)9(8(4-6)10(17)18)16-21(19,20)15-5-11(12,13)14/h3-4,15-16H,5H2,1-2H3,(H,17,18). The van der Waals surface area contributed by atoms with Gasteiger partial charge in [-0.15, -0.1) is 0 Å². The van der Waals surface area contributed by atoms with Gasteiger partial charge in [0.05, 0.1) is 11.3 Å². The number of hydrogen-bond acceptors (Lipinski definition) is 3. The van der Waals surface area contributed by atoms with E-state index in [4.69, 9.17) is 5.11 Å². The largest absolute Gasteiger partial charge is 0.478 e. The molecule has 0 saturated heterocycles. The molecule has 0 radical (unpaired) electrons. The molecule has 0 atom stereocenters. The third kappa shape index (κ3) is 5.23. The number of rotatable bonds is 5. The molecule has 1 aromatic rings. The molecule has 0 aliphatic rings. The number of aromatic carboxylic acids is 1. The van der Waals surface area contributed by atoms with Crippen LogP contribution >= 0.6 is 0 Å². The van der Waals surface area contributed by atoms with E-state index >= 15 is 0 Å². The van der Waals surface area contributed by atoms with E-state index in [-0.39, 0.29) is 16.8 Å². The monoisotopic (exact) mass is 326 g/mol. The van der Waals surface area contributed by atoms with E-state index in [1.807, 2.05) is 4.72 Å². The molecule has 0 fully saturated rings. The Bertz CT molecular complexity index is 656. The summed E-state index contributed by atoms with van der Waals surface area (Å²) in [5.41, 5.74) is 0.244. The van der Waals surface area contributed by atoms with Crippen LogP contribution in [0.15, 0.2) is 12.1 Å². The molecule has 21 heavy (non-hydrogen) atoms. The summed E-state index contributed by atoms with van der Waals surface area (Å²) in [5.74, 6) is -1.39. The predicted molar refractivity (Wildman–Crippen MR) is 69.5 cm³/mol. The van der Waals surface area contributed by atoms with Gasteiger partial charge in [0.25, 0.3) is 10.2 Å². The molecule has 0 amide bonds. The van der Waals surface area contributed by atoms with Crippen LogP contribution in [-0.2, 0) is 10.2 Å². The summed E-state index contributed by atoms with van der Waals surface area (Å²) < 4.78 is 62.2. The molecule has 0 spiro atoms. The van der Waals surface area contributed by atoms with Gasteiger partial charge in [0.15, 0.2) is 0 Å². The van der Waals surface area contributed by atoms with Crippen molar-refractivity contribution in [2.45, 2.75) is 20.0 Å². The van der Waals surface area contributed by atoms with Gasteiger partial charge in [-0.25, -0.2) is 4.79 Å². The fourth-order valence-electron chi connectivity index (χ4n) is 1.62. The van der Waals surface area contributed by atoms with Crippen molar-refractivity contribution in [3.63, 3.8) is 0 Å². The fourth-order valence-corrected chi connectivity index (χ4v) is 2.58. The van der Waals surface area contributed by atoms with Gasteiger partial charge in [-0.05, 0) is 31.0 Å². The maximum Gasteiger partial charge on any atom is 0.402 e. The minimum Gasteiger partial charge on any atom is -0.478 e. The molecule has 0 aliphatic carbocycles. The molecule has 0 bridgehead atoms. The molecule has 3 N–H and O–H groups in total. The summed E-state index contributed by atoms with van der Waals surface area (Å²) in [6, 6.07) is 2.73. The van der Waals surface area contributed by atoms with Crippen molar-refractivity contribution in [2.24, 2.45) is 0 Å². The summed E-state index contributed by atoms with van der Waals surface area (Å²) in [7, 11) is -4.54. The van der Waals surface area contributed by atoms with Crippen LogP contribution in [0.25, 0.3) is 0 Å². The summed E-state index contributed by atoms with van der Waals surface area (Å²) in [6.07, 6.45) is -4.72. The first-order chi connectivity index (χ1) is 9.41. The van der Waals surface area contributed by atoms with Crippen LogP contribution < -0.4 is 9.44 Å². The van der Waals surface area contributed by atoms with Crippen LogP contribution in [0.2, 0.25) is 0 Å². The number of carboxylic acid groups (broad SMARTS) is 1. The summed E-state index contributed by atoms with van der Waals surface area (Å²) in [6.45, 7) is 1.30. The molecular formula is C11H13F3N2O4S. The molecule has 6 nitrogen and oxygen atoms in total. The molecule has 1 aromatic carbocycles. The van der Waals surface area contributed by atoms with E-state index in [2.05, 4.69) is 0 Å². The highest BCUT2D eigenvalue weighted by atomic mass is 32.2. The van der Waals surface area contributed by atoms with Crippen LogP contribution in [0.1, 0.15) is 21.5 Å². The smallest absolute Gasteiger partial charge is 0.402 e. The Labute approximate surface area is 119 Å². The van der Waals surface area contributed by atoms with Gasteiger partial charge in [-0.1, -0.05) is 6.07 Å². The average molecular weight is 326 g/mol. The zero-order chi connectivity index (χ0) is 16.4.